The second kappa shape index (κ2) is 7.78. The SMILES string of the molecule is Cc1cc(C2CCNCC2)ccc1C(=O)N(C=O)C1CCC(=O)NC1=O. The molecular weight excluding hydrogens is 334 g/mol. The van der Waals surface area contributed by atoms with Gasteiger partial charge in [-0.2, -0.15) is 0 Å². The first-order chi connectivity index (χ1) is 12.5. The summed E-state index contributed by atoms with van der Waals surface area (Å²) < 4.78 is 0. The van der Waals surface area contributed by atoms with E-state index in [4.69, 9.17) is 0 Å². The van der Waals surface area contributed by atoms with Crippen LogP contribution in [-0.2, 0) is 14.4 Å². The zero-order chi connectivity index (χ0) is 18.7. The van der Waals surface area contributed by atoms with Gasteiger partial charge in [-0.15, -0.1) is 0 Å². The van der Waals surface area contributed by atoms with Gasteiger partial charge in [0.25, 0.3) is 5.91 Å². The molecule has 0 radical (unpaired) electrons. The number of nitrogens with zero attached hydrogens (tertiary/aromatic N) is 1. The topological polar surface area (TPSA) is 95.6 Å². The van der Waals surface area contributed by atoms with Crippen LogP contribution < -0.4 is 10.6 Å². The van der Waals surface area contributed by atoms with Crippen LogP contribution in [0, 0.1) is 6.92 Å². The molecule has 0 aliphatic carbocycles. The Balaban J connectivity index is 1.80. The summed E-state index contributed by atoms with van der Waals surface area (Å²) in [4.78, 5) is 48.5. The first kappa shape index (κ1) is 18.3. The number of carbonyl (C=O) groups excluding carboxylic acids is 4. The first-order valence-electron chi connectivity index (χ1n) is 8.94. The highest BCUT2D eigenvalue weighted by molar-refractivity contribution is 6.07. The Morgan fingerprint density at radius 1 is 1.19 bits per heavy atom. The molecule has 0 bridgehead atoms. The van der Waals surface area contributed by atoms with Gasteiger partial charge in [-0.05, 0) is 62.4 Å². The molecule has 3 rings (SSSR count). The van der Waals surface area contributed by atoms with E-state index in [9.17, 15) is 19.2 Å². The lowest BCUT2D eigenvalue weighted by atomic mass is 9.88. The maximum Gasteiger partial charge on any atom is 0.261 e. The predicted octanol–water partition coefficient (Wildman–Crippen LogP) is 0.866. The molecule has 26 heavy (non-hydrogen) atoms. The summed E-state index contributed by atoms with van der Waals surface area (Å²) in [6.07, 6.45) is 2.76. The van der Waals surface area contributed by atoms with E-state index >= 15 is 0 Å². The predicted molar refractivity (Wildman–Crippen MR) is 94.4 cm³/mol. The third-order valence-electron chi connectivity index (χ3n) is 5.19. The smallest absolute Gasteiger partial charge is 0.261 e. The van der Waals surface area contributed by atoms with Gasteiger partial charge in [0.1, 0.15) is 6.04 Å². The summed E-state index contributed by atoms with van der Waals surface area (Å²) in [5, 5.41) is 5.51. The molecule has 7 heteroatoms. The van der Waals surface area contributed by atoms with Crippen molar-refractivity contribution in [1.82, 2.24) is 15.5 Å². The fraction of sp³-hybridized carbons (Fsp3) is 0.474. The fourth-order valence-electron chi connectivity index (χ4n) is 3.69. The lowest BCUT2D eigenvalue weighted by Crippen LogP contribution is -2.53. The summed E-state index contributed by atoms with van der Waals surface area (Å²) in [6, 6.07) is 4.72. The van der Waals surface area contributed by atoms with Crippen LogP contribution in [0.1, 0.15) is 53.1 Å². The van der Waals surface area contributed by atoms with E-state index in [1.54, 1.807) is 6.07 Å². The number of hydrogen-bond donors (Lipinski definition) is 2. The highest BCUT2D eigenvalue weighted by atomic mass is 16.2. The molecule has 0 aromatic heterocycles. The van der Waals surface area contributed by atoms with Crippen LogP contribution in [0.15, 0.2) is 18.2 Å². The summed E-state index contributed by atoms with van der Waals surface area (Å²) in [6.45, 7) is 3.81. The molecule has 2 saturated heterocycles. The van der Waals surface area contributed by atoms with Crippen LogP contribution in [-0.4, -0.2) is 48.2 Å². The molecule has 1 unspecified atom stereocenters. The summed E-state index contributed by atoms with van der Waals surface area (Å²) in [7, 11) is 0. The molecule has 1 aromatic rings. The van der Waals surface area contributed by atoms with Crippen molar-refractivity contribution in [2.75, 3.05) is 13.1 Å². The zero-order valence-corrected chi connectivity index (χ0v) is 14.8. The van der Waals surface area contributed by atoms with Crippen LogP contribution >= 0.6 is 0 Å². The van der Waals surface area contributed by atoms with Crippen LogP contribution in [0.2, 0.25) is 0 Å². The monoisotopic (exact) mass is 357 g/mol. The molecule has 0 spiro atoms. The molecule has 2 aliphatic rings. The molecule has 2 aliphatic heterocycles. The Labute approximate surface area is 152 Å². The summed E-state index contributed by atoms with van der Waals surface area (Å²) in [5.41, 5.74) is 2.38. The highest BCUT2D eigenvalue weighted by Gasteiger charge is 2.35. The number of carbonyl (C=O) groups is 4. The van der Waals surface area contributed by atoms with Gasteiger partial charge in [0.15, 0.2) is 0 Å². The number of imide groups is 2. The largest absolute Gasteiger partial charge is 0.317 e. The number of amides is 4. The second-order valence-corrected chi connectivity index (χ2v) is 6.88. The van der Waals surface area contributed by atoms with Crippen LogP contribution in [0.3, 0.4) is 0 Å². The Bertz CT molecular complexity index is 740. The van der Waals surface area contributed by atoms with Crippen molar-refractivity contribution in [1.29, 1.82) is 0 Å². The molecule has 2 fully saturated rings. The number of nitrogens with one attached hydrogen (secondary N) is 2. The van der Waals surface area contributed by atoms with Gasteiger partial charge in [-0.1, -0.05) is 12.1 Å². The maximum atomic E-state index is 12.8. The quantitative estimate of drug-likeness (QED) is 0.616. The van der Waals surface area contributed by atoms with Gasteiger partial charge in [-0.3, -0.25) is 29.4 Å². The van der Waals surface area contributed by atoms with Crippen molar-refractivity contribution in [3.63, 3.8) is 0 Å². The summed E-state index contributed by atoms with van der Waals surface area (Å²) >= 11 is 0. The molecule has 4 amide bonds. The van der Waals surface area contributed by atoms with E-state index in [1.807, 2.05) is 19.1 Å². The van der Waals surface area contributed by atoms with E-state index in [0.29, 0.717) is 17.9 Å². The van der Waals surface area contributed by atoms with E-state index in [0.717, 1.165) is 36.4 Å². The highest BCUT2D eigenvalue weighted by Crippen LogP contribution is 2.27. The van der Waals surface area contributed by atoms with Gasteiger partial charge < -0.3 is 5.32 Å². The Hall–Kier alpha value is -2.54. The second-order valence-electron chi connectivity index (χ2n) is 6.88. The number of piperidine rings is 2. The number of benzene rings is 1. The van der Waals surface area contributed by atoms with Crippen molar-refractivity contribution < 1.29 is 19.2 Å². The molecule has 1 aromatic carbocycles. The number of rotatable bonds is 4. The average molecular weight is 357 g/mol. The number of aryl methyl sites for hydroxylation is 1. The normalized spacial score (nSPS) is 21.2. The third-order valence-corrected chi connectivity index (χ3v) is 5.19. The standard InChI is InChI=1S/C19H23N3O4/c1-12-10-14(13-6-8-20-9-7-13)2-3-15(12)19(26)22(11-23)16-4-5-17(24)21-18(16)25/h2-3,10-11,13,16,20H,4-9H2,1H3,(H,21,24,25). The fourth-order valence-corrected chi connectivity index (χ4v) is 3.69. The van der Waals surface area contributed by atoms with E-state index < -0.39 is 17.9 Å². The van der Waals surface area contributed by atoms with Crippen LogP contribution in [0.5, 0.6) is 0 Å². The Morgan fingerprint density at radius 3 is 2.54 bits per heavy atom. The Morgan fingerprint density at radius 2 is 1.92 bits per heavy atom. The minimum Gasteiger partial charge on any atom is -0.317 e. The minimum atomic E-state index is -0.943. The zero-order valence-electron chi connectivity index (χ0n) is 14.8. The lowest BCUT2D eigenvalue weighted by Gasteiger charge is -2.29. The van der Waals surface area contributed by atoms with Gasteiger partial charge >= 0.3 is 0 Å². The van der Waals surface area contributed by atoms with E-state index in [1.165, 1.54) is 5.56 Å². The van der Waals surface area contributed by atoms with E-state index in [2.05, 4.69) is 10.6 Å². The molecule has 2 heterocycles. The number of hydrogen-bond acceptors (Lipinski definition) is 5. The van der Waals surface area contributed by atoms with Crippen molar-refractivity contribution in [2.24, 2.45) is 0 Å². The van der Waals surface area contributed by atoms with E-state index in [-0.39, 0.29) is 18.7 Å². The van der Waals surface area contributed by atoms with Crippen molar-refractivity contribution >= 4 is 24.1 Å². The average Bonchev–Trinajstić information content (AvgIpc) is 2.64. The maximum absolute atomic E-state index is 12.8. The summed E-state index contributed by atoms with van der Waals surface area (Å²) in [5.74, 6) is -1.03. The minimum absolute atomic E-state index is 0.113. The molecule has 2 N–H and O–H groups in total. The first-order valence-corrected chi connectivity index (χ1v) is 8.94. The third kappa shape index (κ3) is 3.67. The van der Waals surface area contributed by atoms with Gasteiger partial charge in [0.05, 0.1) is 0 Å². The molecule has 138 valence electrons. The van der Waals surface area contributed by atoms with Crippen molar-refractivity contribution in [3.8, 4) is 0 Å². The molecule has 7 nitrogen and oxygen atoms in total. The lowest BCUT2D eigenvalue weighted by molar-refractivity contribution is -0.139. The molecule has 0 saturated carbocycles. The van der Waals surface area contributed by atoms with Crippen LogP contribution in [0.4, 0.5) is 0 Å². The van der Waals surface area contributed by atoms with Crippen LogP contribution in [0.25, 0.3) is 0 Å². The molecular formula is C19H23N3O4. The van der Waals surface area contributed by atoms with Gasteiger partial charge in [0, 0.05) is 12.0 Å². The van der Waals surface area contributed by atoms with Gasteiger partial charge in [0.2, 0.25) is 18.2 Å². The molecule has 1 atom stereocenters. The van der Waals surface area contributed by atoms with Crippen molar-refractivity contribution in [2.45, 2.75) is 44.6 Å². The van der Waals surface area contributed by atoms with Gasteiger partial charge in [-0.25, -0.2) is 0 Å². The Kier molecular flexibility index (Phi) is 5.46. The van der Waals surface area contributed by atoms with Crippen molar-refractivity contribution in [3.05, 3.63) is 34.9 Å².